The van der Waals surface area contributed by atoms with E-state index in [4.69, 9.17) is 0 Å². The normalized spacial score (nSPS) is 13.6. The summed E-state index contributed by atoms with van der Waals surface area (Å²) < 4.78 is 0. The summed E-state index contributed by atoms with van der Waals surface area (Å²) in [5.41, 5.74) is 1.45. The zero-order valence-electron chi connectivity index (χ0n) is 13.5. The van der Waals surface area contributed by atoms with Crippen molar-refractivity contribution in [2.24, 2.45) is 5.92 Å². The number of hydrogen-bond donors (Lipinski definition) is 2. The molecule has 0 bridgehead atoms. The first-order valence-electron chi connectivity index (χ1n) is 8.22. The highest BCUT2D eigenvalue weighted by atomic mass is 32.1. The maximum atomic E-state index is 12.3. The van der Waals surface area contributed by atoms with E-state index < -0.39 is 0 Å². The van der Waals surface area contributed by atoms with Crippen molar-refractivity contribution in [3.05, 3.63) is 53.5 Å². The maximum Gasteiger partial charge on any atom is 0.230 e. The molecule has 0 spiro atoms. The molecular weight excluding hydrogens is 334 g/mol. The number of nitrogens with one attached hydrogen (secondary N) is 2. The number of hydrogen-bond acceptors (Lipinski definition) is 4. The largest absolute Gasteiger partial charge is 0.325 e. The molecule has 0 atom stereocenters. The van der Waals surface area contributed by atoms with Gasteiger partial charge in [-0.25, -0.2) is 4.98 Å². The monoisotopic (exact) mass is 351 g/mol. The van der Waals surface area contributed by atoms with E-state index in [0.29, 0.717) is 10.8 Å². The van der Waals surface area contributed by atoms with Crippen molar-refractivity contribution in [2.45, 2.75) is 19.3 Å². The number of amides is 2. The van der Waals surface area contributed by atoms with E-state index in [1.165, 1.54) is 11.3 Å². The first-order valence-corrected chi connectivity index (χ1v) is 9.10. The van der Waals surface area contributed by atoms with Crippen LogP contribution in [-0.2, 0) is 16.0 Å². The number of fused-ring (bicyclic) bond motifs is 1. The lowest BCUT2D eigenvalue weighted by Crippen LogP contribution is -2.15. The van der Waals surface area contributed by atoms with E-state index in [-0.39, 0.29) is 24.2 Å². The average molecular weight is 351 g/mol. The fourth-order valence-corrected chi connectivity index (χ4v) is 3.41. The Hall–Kier alpha value is -2.73. The summed E-state index contributed by atoms with van der Waals surface area (Å²) in [6.45, 7) is 0. The average Bonchev–Trinajstić information content (AvgIpc) is 3.38. The highest BCUT2D eigenvalue weighted by Crippen LogP contribution is 2.30. The van der Waals surface area contributed by atoms with E-state index in [0.717, 1.165) is 29.3 Å². The summed E-state index contributed by atoms with van der Waals surface area (Å²) in [5.74, 6) is 0.0461. The van der Waals surface area contributed by atoms with E-state index in [1.54, 1.807) is 0 Å². The van der Waals surface area contributed by atoms with Crippen LogP contribution in [0.4, 0.5) is 10.8 Å². The number of aromatic nitrogens is 1. The van der Waals surface area contributed by atoms with Gasteiger partial charge in [0.15, 0.2) is 5.13 Å². The maximum absolute atomic E-state index is 12.3. The highest BCUT2D eigenvalue weighted by Gasteiger charge is 2.30. The molecule has 0 aliphatic heterocycles. The van der Waals surface area contributed by atoms with Gasteiger partial charge < -0.3 is 10.6 Å². The number of carbonyl (C=O) groups excluding carboxylic acids is 2. The smallest absolute Gasteiger partial charge is 0.230 e. The molecule has 2 aromatic carbocycles. The van der Waals surface area contributed by atoms with E-state index in [2.05, 4.69) is 15.6 Å². The Labute approximate surface area is 149 Å². The predicted octanol–water partition coefficient (Wildman–Crippen LogP) is 3.83. The molecule has 1 heterocycles. The van der Waals surface area contributed by atoms with Gasteiger partial charge in [-0.2, -0.15) is 0 Å². The second-order valence-electron chi connectivity index (χ2n) is 6.16. The summed E-state index contributed by atoms with van der Waals surface area (Å²) in [4.78, 5) is 28.4. The molecule has 25 heavy (non-hydrogen) atoms. The Kier molecular flexibility index (Phi) is 4.19. The predicted molar refractivity (Wildman–Crippen MR) is 99.7 cm³/mol. The molecular formula is C19H17N3O2S. The summed E-state index contributed by atoms with van der Waals surface area (Å²) in [7, 11) is 0. The quantitative estimate of drug-likeness (QED) is 0.734. The fraction of sp³-hybridized carbons (Fsp3) is 0.211. The number of anilines is 2. The highest BCUT2D eigenvalue weighted by molar-refractivity contribution is 7.13. The van der Waals surface area contributed by atoms with Gasteiger partial charge in [0.05, 0.1) is 12.1 Å². The second kappa shape index (κ2) is 6.64. The molecule has 0 radical (unpaired) electrons. The lowest BCUT2D eigenvalue weighted by Gasteiger charge is -2.08. The lowest BCUT2D eigenvalue weighted by atomic mass is 10.1. The van der Waals surface area contributed by atoms with Gasteiger partial charge in [0, 0.05) is 22.4 Å². The Morgan fingerprint density at radius 2 is 1.88 bits per heavy atom. The van der Waals surface area contributed by atoms with E-state index >= 15 is 0 Å². The topological polar surface area (TPSA) is 71.1 Å². The van der Waals surface area contributed by atoms with Gasteiger partial charge in [0.1, 0.15) is 0 Å². The number of benzene rings is 2. The number of carbonyl (C=O) groups is 2. The molecule has 0 saturated heterocycles. The van der Waals surface area contributed by atoms with Crippen LogP contribution >= 0.6 is 11.3 Å². The first-order chi connectivity index (χ1) is 12.2. The van der Waals surface area contributed by atoms with Crippen LogP contribution in [0.25, 0.3) is 10.8 Å². The standard InChI is InChI=1S/C19H17N3O2S/c23-17(21-16-7-3-5-12-4-1-2-6-15(12)16)10-14-11-25-19(20-14)22-18(24)13-8-9-13/h1-7,11,13H,8-10H2,(H,21,23)(H,20,22,24). The number of nitrogens with zero attached hydrogens (tertiary/aromatic N) is 1. The third kappa shape index (κ3) is 3.69. The van der Waals surface area contributed by atoms with Crippen molar-refractivity contribution in [1.29, 1.82) is 0 Å². The Morgan fingerprint density at radius 3 is 2.72 bits per heavy atom. The molecule has 126 valence electrons. The SMILES string of the molecule is O=C(Cc1csc(NC(=O)C2CC2)n1)Nc1cccc2ccccc12. The molecule has 1 aliphatic rings. The van der Waals surface area contributed by atoms with Gasteiger partial charge >= 0.3 is 0 Å². The van der Waals surface area contributed by atoms with Crippen molar-refractivity contribution >= 4 is 44.7 Å². The molecule has 1 aromatic heterocycles. The Bertz CT molecular complexity index is 941. The van der Waals surface area contributed by atoms with Crippen LogP contribution in [0.15, 0.2) is 47.8 Å². The van der Waals surface area contributed by atoms with Gasteiger partial charge in [0.25, 0.3) is 0 Å². The fourth-order valence-electron chi connectivity index (χ4n) is 2.69. The molecule has 2 N–H and O–H groups in total. The second-order valence-corrected chi connectivity index (χ2v) is 7.02. The third-order valence-electron chi connectivity index (χ3n) is 4.14. The van der Waals surface area contributed by atoms with Crippen molar-refractivity contribution in [1.82, 2.24) is 4.98 Å². The molecule has 0 unspecified atom stereocenters. The number of thiazole rings is 1. The van der Waals surface area contributed by atoms with Crippen molar-refractivity contribution in [3.8, 4) is 0 Å². The Balaban J connectivity index is 1.41. The van der Waals surface area contributed by atoms with Gasteiger partial charge in [-0.05, 0) is 24.3 Å². The third-order valence-corrected chi connectivity index (χ3v) is 4.94. The molecule has 1 fully saturated rings. The van der Waals surface area contributed by atoms with Gasteiger partial charge in [-0.15, -0.1) is 11.3 Å². The number of rotatable bonds is 5. The molecule has 5 nitrogen and oxygen atoms in total. The van der Waals surface area contributed by atoms with E-state index in [1.807, 2.05) is 47.8 Å². The lowest BCUT2D eigenvalue weighted by molar-refractivity contribution is -0.117. The minimum absolute atomic E-state index is 0.0288. The van der Waals surface area contributed by atoms with Crippen LogP contribution in [0, 0.1) is 5.92 Å². The van der Waals surface area contributed by atoms with E-state index in [9.17, 15) is 9.59 Å². The molecule has 1 aliphatic carbocycles. The van der Waals surface area contributed by atoms with Crippen LogP contribution in [0.3, 0.4) is 0 Å². The molecule has 6 heteroatoms. The van der Waals surface area contributed by atoms with Crippen LogP contribution in [-0.4, -0.2) is 16.8 Å². The van der Waals surface area contributed by atoms with Crippen molar-refractivity contribution in [2.75, 3.05) is 10.6 Å². The van der Waals surface area contributed by atoms with Crippen LogP contribution < -0.4 is 10.6 Å². The summed E-state index contributed by atoms with van der Waals surface area (Å²) in [5, 5.41) is 10.2. The van der Waals surface area contributed by atoms with Crippen molar-refractivity contribution < 1.29 is 9.59 Å². The molecule has 3 aromatic rings. The summed E-state index contributed by atoms with van der Waals surface area (Å²) >= 11 is 1.35. The van der Waals surface area contributed by atoms with Gasteiger partial charge in [0.2, 0.25) is 11.8 Å². The van der Waals surface area contributed by atoms with Crippen LogP contribution in [0.1, 0.15) is 18.5 Å². The summed E-state index contributed by atoms with van der Waals surface area (Å²) in [6, 6.07) is 13.8. The minimum atomic E-state index is -0.123. The van der Waals surface area contributed by atoms with Gasteiger partial charge in [-0.1, -0.05) is 36.4 Å². The Morgan fingerprint density at radius 1 is 1.08 bits per heavy atom. The molecule has 2 amide bonds. The molecule has 4 rings (SSSR count). The zero-order chi connectivity index (χ0) is 17.2. The van der Waals surface area contributed by atoms with Crippen LogP contribution in [0.5, 0.6) is 0 Å². The van der Waals surface area contributed by atoms with Crippen LogP contribution in [0.2, 0.25) is 0 Å². The van der Waals surface area contributed by atoms with Crippen molar-refractivity contribution in [3.63, 3.8) is 0 Å². The molecule has 1 saturated carbocycles. The zero-order valence-corrected chi connectivity index (χ0v) is 14.3. The minimum Gasteiger partial charge on any atom is -0.325 e. The summed E-state index contributed by atoms with van der Waals surface area (Å²) in [6.07, 6.45) is 2.09. The first kappa shape index (κ1) is 15.8. The van der Waals surface area contributed by atoms with Gasteiger partial charge in [-0.3, -0.25) is 9.59 Å².